The van der Waals surface area contributed by atoms with Gasteiger partial charge in [0.1, 0.15) is 5.82 Å². The lowest BCUT2D eigenvalue weighted by molar-refractivity contribution is 0.0951. The van der Waals surface area contributed by atoms with E-state index in [1.54, 1.807) is 0 Å². The van der Waals surface area contributed by atoms with Gasteiger partial charge >= 0.3 is 0 Å². The molecule has 0 saturated carbocycles. The number of aryl methyl sites for hydroxylation is 2. The second kappa shape index (κ2) is 7.48. The fourth-order valence-electron chi connectivity index (χ4n) is 4.63. The number of hydrogen-bond acceptors (Lipinski definition) is 3. The van der Waals surface area contributed by atoms with Crippen LogP contribution in [-0.2, 0) is 26.4 Å². The standard InChI is InChI=1S/C25H26N4O/c1-26-24-13-17-8-7-16(11-19(17)15-27-24)14-28-25(30)18-9-10-23-21(12-18)20-5-3-4-6-22(20)29(23)2/h7-13,15H,3-6,14H2,1-2H3,(H,26,27)(H,28,30). The second-order valence-electron chi connectivity index (χ2n) is 8.11. The number of hydrogen-bond donors (Lipinski definition) is 2. The molecule has 0 bridgehead atoms. The predicted octanol–water partition coefficient (Wildman–Crippen LogP) is 4.58. The predicted molar refractivity (Wildman–Crippen MR) is 122 cm³/mol. The van der Waals surface area contributed by atoms with Crippen molar-refractivity contribution in [3.8, 4) is 0 Å². The van der Waals surface area contributed by atoms with Gasteiger partial charge in [0.15, 0.2) is 0 Å². The molecule has 4 aromatic rings. The third-order valence-corrected chi connectivity index (χ3v) is 6.28. The highest BCUT2D eigenvalue weighted by Gasteiger charge is 2.19. The SMILES string of the molecule is CNc1cc2ccc(CNC(=O)c3ccc4c(c3)c3c(n4C)CCCC3)cc2cn1. The molecule has 5 rings (SSSR count). The van der Waals surface area contributed by atoms with Crippen molar-refractivity contribution in [2.45, 2.75) is 32.2 Å². The van der Waals surface area contributed by atoms with E-state index in [2.05, 4.69) is 57.6 Å². The molecule has 0 fully saturated rings. The van der Waals surface area contributed by atoms with Gasteiger partial charge in [-0.2, -0.15) is 0 Å². The number of nitrogens with zero attached hydrogens (tertiary/aromatic N) is 2. The highest BCUT2D eigenvalue weighted by molar-refractivity contribution is 5.99. The highest BCUT2D eigenvalue weighted by atomic mass is 16.1. The van der Waals surface area contributed by atoms with Crippen molar-refractivity contribution in [1.29, 1.82) is 0 Å². The number of carbonyl (C=O) groups excluding carboxylic acids is 1. The van der Waals surface area contributed by atoms with Crippen LogP contribution in [0.3, 0.4) is 0 Å². The van der Waals surface area contributed by atoms with Gasteiger partial charge in [-0.3, -0.25) is 4.79 Å². The zero-order chi connectivity index (χ0) is 20.7. The van der Waals surface area contributed by atoms with Crippen LogP contribution in [0.15, 0.2) is 48.7 Å². The molecule has 2 aromatic heterocycles. The van der Waals surface area contributed by atoms with E-state index in [0.717, 1.165) is 40.6 Å². The fraction of sp³-hybridized carbons (Fsp3) is 0.280. The summed E-state index contributed by atoms with van der Waals surface area (Å²) >= 11 is 0. The van der Waals surface area contributed by atoms with Gasteiger partial charge in [-0.15, -0.1) is 0 Å². The normalized spacial score (nSPS) is 13.4. The molecule has 0 saturated heterocycles. The molecule has 2 N–H and O–H groups in total. The minimum Gasteiger partial charge on any atom is -0.373 e. The summed E-state index contributed by atoms with van der Waals surface area (Å²) in [6, 6.07) is 14.3. The molecular formula is C25H26N4O. The summed E-state index contributed by atoms with van der Waals surface area (Å²) in [5, 5.41) is 9.56. The summed E-state index contributed by atoms with van der Waals surface area (Å²) < 4.78 is 2.30. The number of carbonyl (C=O) groups is 1. The second-order valence-corrected chi connectivity index (χ2v) is 8.11. The lowest BCUT2D eigenvalue weighted by Crippen LogP contribution is -2.22. The average molecular weight is 399 g/mol. The molecule has 0 radical (unpaired) electrons. The van der Waals surface area contributed by atoms with Crippen molar-refractivity contribution in [2.75, 3.05) is 12.4 Å². The first kappa shape index (κ1) is 18.7. The van der Waals surface area contributed by atoms with Gasteiger partial charge in [-0.25, -0.2) is 4.98 Å². The van der Waals surface area contributed by atoms with E-state index in [1.165, 1.54) is 35.0 Å². The van der Waals surface area contributed by atoms with Crippen LogP contribution >= 0.6 is 0 Å². The summed E-state index contributed by atoms with van der Waals surface area (Å²) in [7, 11) is 4.00. The van der Waals surface area contributed by atoms with Gasteiger partial charge in [-0.1, -0.05) is 12.1 Å². The Morgan fingerprint density at radius 1 is 1.07 bits per heavy atom. The van der Waals surface area contributed by atoms with Crippen LogP contribution in [0.2, 0.25) is 0 Å². The molecule has 1 aliphatic rings. The van der Waals surface area contributed by atoms with E-state index in [-0.39, 0.29) is 5.91 Å². The highest BCUT2D eigenvalue weighted by Crippen LogP contribution is 2.32. The summed E-state index contributed by atoms with van der Waals surface area (Å²) in [5.74, 6) is 0.816. The van der Waals surface area contributed by atoms with Crippen LogP contribution in [-0.4, -0.2) is 22.5 Å². The van der Waals surface area contributed by atoms with Gasteiger partial charge in [-0.05, 0) is 72.5 Å². The average Bonchev–Trinajstić information content (AvgIpc) is 3.08. The molecule has 1 aliphatic carbocycles. The number of benzene rings is 2. The molecule has 152 valence electrons. The Hall–Kier alpha value is -3.34. The van der Waals surface area contributed by atoms with Crippen molar-refractivity contribution in [2.24, 2.45) is 7.05 Å². The summed E-state index contributed by atoms with van der Waals surface area (Å²) in [6.45, 7) is 0.494. The van der Waals surface area contributed by atoms with E-state index in [9.17, 15) is 4.79 Å². The molecule has 30 heavy (non-hydrogen) atoms. The quantitative estimate of drug-likeness (QED) is 0.529. The number of pyridine rings is 1. The molecule has 1 amide bonds. The lowest BCUT2D eigenvalue weighted by atomic mass is 9.95. The van der Waals surface area contributed by atoms with Crippen LogP contribution in [0.25, 0.3) is 21.7 Å². The van der Waals surface area contributed by atoms with E-state index in [0.29, 0.717) is 6.54 Å². The number of amides is 1. The van der Waals surface area contributed by atoms with Crippen LogP contribution in [0.5, 0.6) is 0 Å². The number of anilines is 1. The molecule has 0 aliphatic heterocycles. The molecule has 5 nitrogen and oxygen atoms in total. The van der Waals surface area contributed by atoms with Gasteiger partial charge in [0.25, 0.3) is 5.91 Å². The molecule has 2 heterocycles. The zero-order valence-electron chi connectivity index (χ0n) is 17.5. The molecule has 0 unspecified atom stereocenters. The maximum Gasteiger partial charge on any atom is 0.251 e. The number of nitrogens with one attached hydrogen (secondary N) is 2. The Morgan fingerprint density at radius 2 is 1.93 bits per heavy atom. The van der Waals surface area contributed by atoms with Gasteiger partial charge in [0.2, 0.25) is 0 Å². The maximum absolute atomic E-state index is 12.8. The number of rotatable bonds is 4. The first-order valence-corrected chi connectivity index (χ1v) is 10.6. The Bertz CT molecular complexity index is 1270. The summed E-state index contributed by atoms with van der Waals surface area (Å²) in [6.07, 6.45) is 6.59. The first-order chi connectivity index (χ1) is 14.6. The Morgan fingerprint density at radius 3 is 2.80 bits per heavy atom. The molecule has 0 atom stereocenters. The topological polar surface area (TPSA) is 58.9 Å². The van der Waals surface area contributed by atoms with Crippen molar-refractivity contribution in [3.05, 3.63) is 71.0 Å². The Balaban J connectivity index is 1.36. The number of fused-ring (bicyclic) bond motifs is 4. The van der Waals surface area contributed by atoms with Crippen LogP contribution in [0.1, 0.15) is 40.0 Å². The fourth-order valence-corrected chi connectivity index (χ4v) is 4.63. The maximum atomic E-state index is 12.8. The van der Waals surface area contributed by atoms with Crippen molar-refractivity contribution >= 4 is 33.4 Å². The van der Waals surface area contributed by atoms with E-state index < -0.39 is 0 Å². The van der Waals surface area contributed by atoms with Crippen molar-refractivity contribution in [1.82, 2.24) is 14.9 Å². The third kappa shape index (κ3) is 3.20. The van der Waals surface area contributed by atoms with E-state index in [1.807, 2.05) is 25.4 Å². The molecule has 5 heteroatoms. The molecule has 2 aromatic carbocycles. The molecule has 0 spiro atoms. The van der Waals surface area contributed by atoms with Crippen LogP contribution in [0, 0.1) is 0 Å². The van der Waals surface area contributed by atoms with Gasteiger partial charge in [0, 0.05) is 54.4 Å². The van der Waals surface area contributed by atoms with E-state index >= 15 is 0 Å². The van der Waals surface area contributed by atoms with Crippen molar-refractivity contribution < 1.29 is 4.79 Å². The zero-order valence-corrected chi connectivity index (χ0v) is 17.5. The van der Waals surface area contributed by atoms with Crippen molar-refractivity contribution in [3.63, 3.8) is 0 Å². The Kier molecular flexibility index (Phi) is 4.66. The molecular weight excluding hydrogens is 372 g/mol. The minimum atomic E-state index is -0.0333. The monoisotopic (exact) mass is 398 g/mol. The Labute approximate surface area is 176 Å². The minimum absolute atomic E-state index is 0.0333. The largest absolute Gasteiger partial charge is 0.373 e. The lowest BCUT2D eigenvalue weighted by Gasteiger charge is -2.13. The van der Waals surface area contributed by atoms with Gasteiger partial charge in [0.05, 0.1) is 0 Å². The van der Waals surface area contributed by atoms with Gasteiger partial charge < -0.3 is 15.2 Å². The van der Waals surface area contributed by atoms with Crippen LogP contribution < -0.4 is 10.6 Å². The summed E-state index contributed by atoms with van der Waals surface area (Å²) in [5.41, 5.74) is 5.87. The van der Waals surface area contributed by atoms with E-state index in [4.69, 9.17) is 0 Å². The smallest absolute Gasteiger partial charge is 0.251 e. The van der Waals surface area contributed by atoms with Crippen LogP contribution in [0.4, 0.5) is 5.82 Å². The number of aromatic nitrogens is 2. The first-order valence-electron chi connectivity index (χ1n) is 10.6. The summed E-state index contributed by atoms with van der Waals surface area (Å²) in [4.78, 5) is 17.2. The third-order valence-electron chi connectivity index (χ3n) is 6.28.